The van der Waals surface area contributed by atoms with E-state index in [1.807, 2.05) is 0 Å². The molecular weight excluding hydrogens is 424 g/mol. The van der Waals surface area contributed by atoms with Crippen molar-refractivity contribution in [2.75, 3.05) is 19.8 Å². The van der Waals surface area contributed by atoms with E-state index in [0.717, 1.165) is 19.3 Å². The standard InChI is InChI=1S/C30H60O4/c1-3-5-7-9-11-13-14-15-16-17-18-20-22-24-26-33-28-29(27-31)34-30(32)25-23-21-19-12-10-8-6-4-2/h29,31H,3-28H2,1-2H3. The van der Waals surface area contributed by atoms with E-state index in [1.54, 1.807) is 0 Å². The van der Waals surface area contributed by atoms with Gasteiger partial charge in [-0.1, -0.05) is 142 Å². The number of aliphatic hydroxyl groups excluding tert-OH is 1. The van der Waals surface area contributed by atoms with Gasteiger partial charge in [0.05, 0.1) is 13.2 Å². The highest BCUT2D eigenvalue weighted by molar-refractivity contribution is 5.69. The number of carbonyl (C=O) groups is 1. The Labute approximate surface area is 213 Å². The van der Waals surface area contributed by atoms with Crippen LogP contribution >= 0.6 is 0 Å². The van der Waals surface area contributed by atoms with Crippen LogP contribution in [-0.2, 0) is 14.3 Å². The third-order valence-electron chi connectivity index (χ3n) is 6.68. The van der Waals surface area contributed by atoms with E-state index in [1.165, 1.54) is 122 Å². The molecule has 0 radical (unpaired) electrons. The van der Waals surface area contributed by atoms with E-state index < -0.39 is 6.10 Å². The average Bonchev–Trinajstić information content (AvgIpc) is 2.84. The predicted octanol–water partition coefficient (Wildman–Crippen LogP) is 8.92. The number of carbonyl (C=O) groups excluding carboxylic acids is 1. The Hall–Kier alpha value is -0.610. The van der Waals surface area contributed by atoms with Gasteiger partial charge in [0.1, 0.15) is 6.10 Å². The van der Waals surface area contributed by atoms with E-state index in [4.69, 9.17) is 9.47 Å². The molecule has 0 aliphatic carbocycles. The summed E-state index contributed by atoms with van der Waals surface area (Å²) in [5.74, 6) is -0.204. The van der Waals surface area contributed by atoms with Crippen LogP contribution in [0, 0.1) is 0 Å². The van der Waals surface area contributed by atoms with Gasteiger partial charge in [-0.05, 0) is 12.8 Å². The maximum absolute atomic E-state index is 12.0. The Morgan fingerprint density at radius 1 is 0.588 bits per heavy atom. The van der Waals surface area contributed by atoms with Gasteiger partial charge in [0, 0.05) is 13.0 Å². The topological polar surface area (TPSA) is 55.8 Å². The number of hydrogen-bond acceptors (Lipinski definition) is 4. The molecule has 4 nitrogen and oxygen atoms in total. The molecule has 0 amide bonds. The van der Waals surface area contributed by atoms with E-state index in [0.29, 0.717) is 19.6 Å². The number of rotatable bonds is 28. The fourth-order valence-electron chi connectivity index (χ4n) is 4.39. The highest BCUT2D eigenvalue weighted by atomic mass is 16.6. The van der Waals surface area contributed by atoms with E-state index in [2.05, 4.69) is 13.8 Å². The molecule has 0 aliphatic rings. The molecule has 0 rings (SSSR count). The predicted molar refractivity (Wildman–Crippen MR) is 145 cm³/mol. The first-order chi connectivity index (χ1) is 16.7. The lowest BCUT2D eigenvalue weighted by Crippen LogP contribution is -2.27. The average molecular weight is 485 g/mol. The van der Waals surface area contributed by atoms with Crippen LogP contribution in [0.4, 0.5) is 0 Å². The second kappa shape index (κ2) is 28.6. The SMILES string of the molecule is CCCCCCCCCCCCCCCCOCC(CO)OC(=O)CCCCCCCCCC. The molecule has 1 atom stereocenters. The minimum atomic E-state index is -0.520. The highest BCUT2D eigenvalue weighted by Crippen LogP contribution is 2.13. The molecule has 34 heavy (non-hydrogen) atoms. The first-order valence-electron chi connectivity index (χ1n) is 15.1. The Morgan fingerprint density at radius 2 is 0.971 bits per heavy atom. The van der Waals surface area contributed by atoms with E-state index in [-0.39, 0.29) is 12.6 Å². The van der Waals surface area contributed by atoms with E-state index >= 15 is 0 Å². The molecule has 0 fully saturated rings. The molecular formula is C30H60O4. The molecule has 0 spiro atoms. The number of aliphatic hydroxyl groups is 1. The monoisotopic (exact) mass is 484 g/mol. The summed E-state index contributed by atoms with van der Waals surface area (Å²) in [7, 11) is 0. The Kier molecular flexibility index (Phi) is 28.1. The lowest BCUT2D eigenvalue weighted by atomic mass is 10.0. The fraction of sp³-hybridized carbons (Fsp3) is 0.967. The number of esters is 1. The first-order valence-corrected chi connectivity index (χ1v) is 15.1. The molecule has 0 heterocycles. The molecule has 0 saturated heterocycles. The summed E-state index contributed by atoms with van der Waals surface area (Å²) in [5, 5.41) is 9.46. The first kappa shape index (κ1) is 33.4. The maximum atomic E-state index is 12.0. The van der Waals surface area contributed by atoms with Crippen molar-refractivity contribution in [2.24, 2.45) is 0 Å². The number of ether oxygens (including phenoxy) is 2. The summed E-state index contributed by atoms with van der Waals surface area (Å²) >= 11 is 0. The molecule has 204 valence electrons. The zero-order valence-corrected chi connectivity index (χ0v) is 23.1. The van der Waals surface area contributed by atoms with Gasteiger partial charge < -0.3 is 14.6 Å². The summed E-state index contributed by atoms with van der Waals surface area (Å²) in [6, 6.07) is 0. The third-order valence-corrected chi connectivity index (χ3v) is 6.68. The summed E-state index contributed by atoms with van der Waals surface area (Å²) in [6.45, 7) is 5.33. The molecule has 0 aromatic rings. The molecule has 0 bridgehead atoms. The Bertz CT molecular complexity index is 399. The molecule has 4 heteroatoms. The normalized spacial score (nSPS) is 12.2. The van der Waals surface area contributed by atoms with Crippen LogP contribution in [0.15, 0.2) is 0 Å². The van der Waals surface area contributed by atoms with Gasteiger partial charge in [-0.25, -0.2) is 0 Å². The lowest BCUT2D eigenvalue weighted by molar-refractivity contribution is -0.154. The summed E-state index contributed by atoms with van der Waals surface area (Å²) in [5.41, 5.74) is 0. The summed E-state index contributed by atoms with van der Waals surface area (Å²) in [4.78, 5) is 12.0. The zero-order chi connectivity index (χ0) is 25.0. The Balaban J connectivity index is 3.39. The van der Waals surface area contributed by atoms with Gasteiger partial charge in [-0.2, -0.15) is 0 Å². The van der Waals surface area contributed by atoms with Gasteiger partial charge in [-0.3, -0.25) is 4.79 Å². The minimum Gasteiger partial charge on any atom is -0.457 e. The Morgan fingerprint density at radius 3 is 1.38 bits per heavy atom. The molecule has 0 aliphatic heterocycles. The summed E-state index contributed by atoms with van der Waals surface area (Å²) in [6.07, 6.45) is 28.4. The second-order valence-corrected chi connectivity index (χ2v) is 10.2. The van der Waals surface area contributed by atoms with Gasteiger partial charge in [0.2, 0.25) is 0 Å². The fourth-order valence-corrected chi connectivity index (χ4v) is 4.39. The van der Waals surface area contributed by atoms with Gasteiger partial charge in [-0.15, -0.1) is 0 Å². The van der Waals surface area contributed by atoms with Crippen molar-refractivity contribution in [3.05, 3.63) is 0 Å². The third kappa shape index (κ3) is 26.0. The number of unbranched alkanes of at least 4 members (excludes halogenated alkanes) is 20. The van der Waals surface area contributed by atoms with Crippen LogP contribution in [0.5, 0.6) is 0 Å². The molecule has 1 unspecified atom stereocenters. The van der Waals surface area contributed by atoms with Crippen LogP contribution < -0.4 is 0 Å². The lowest BCUT2D eigenvalue weighted by Gasteiger charge is -2.16. The van der Waals surface area contributed by atoms with Crippen LogP contribution in [0.2, 0.25) is 0 Å². The van der Waals surface area contributed by atoms with Gasteiger partial charge >= 0.3 is 5.97 Å². The van der Waals surface area contributed by atoms with Crippen molar-refractivity contribution in [3.63, 3.8) is 0 Å². The maximum Gasteiger partial charge on any atom is 0.306 e. The van der Waals surface area contributed by atoms with Gasteiger partial charge in [0.25, 0.3) is 0 Å². The highest BCUT2D eigenvalue weighted by Gasteiger charge is 2.13. The van der Waals surface area contributed by atoms with Crippen molar-refractivity contribution in [1.29, 1.82) is 0 Å². The zero-order valence-electron chi connectivity index (χ0n) is 23.1. The molecule has 1 N–H and O–H groups in total. The van der Waals surface area contributed by atoms with Crippen LogP contribution in [0.3, 0.4) is 0 Å². The van der Waals surface area contributed by atoms with Crippen molar-refractivity contribution >= 4 is 5.97 Å². The quantitative estimate of drug-likeness (QED) is 0.0889. The van der Waals surface area contributed by atoms with Gasteiger partial charge in [0.15, 0.2) is 0 Å². The number of hydrogen-bond donors (Lipinski definition) is 1. The largest absolute Gasteiger partial charge is 0.457 e. The van der Waals surface area contributed by atoms with Crippen LogP contribution in [-0.4, -0.2) is 37.0 Å². The van der Waals surface area contributed by atoms with Crippen LogP contribution in [0.1, 0.15) is 162 Å². The van der Waals surface area contributed by atoms with Crippen molar-refractivity contribution in [3.8, 4) is 0 Å². The van der Waals surface area contributed by atoms with Crippen molar-refractivity contribution in [2.45, 2.75) is 168 Å². The molecule has 0 aromatic carbocycles. The molecule has 0 aromatic heterocycles. The summed E-state index contributed by atoms with van der Waals surface area (Å²) < 4.78 is 11.0. The van der Waals surface area contributed by atoms with Crippen molar-refractivity contribution < 1.29 is 19.4 Å². The van der Waals surface area contributed by atoms with Crippen molar-refractivity contribution in [1.82, 2.24) is 0 Å². The van der Waals surface area contributed by atoms with Crippen LogP contribution in [0.25, 0.3) is 0 Å². The van der Waals surface area contributed by atoms with E-state index in [9.17, 15) is 9.90 Å². The second-order valence-electron chi connectivity index (χ2n) is 10.2. The minimum absolute atomic E-state index is 0.165. The molecule has 0 saturated carbocycles. The smallest absolute Gasteiger partial charge is 0.306 e.